The number of nitrogens with zero attached hydrogens (tertiary/aromatic N) is 2. The molecule has 1 aromatic carbocycles. The summed E-state index contributed by atoms with van der Waals surface area (Å²) in [4.78, 5) is 32.4. The van der Waals surface area contributed by atoms with Crippen molar-refractivity contribution in [3.8, 4) is 0 Å². The Morgan fingerprint density at radius 1 is 1.27 bits per heavy atom. The number of hydrogen-bond acceptors (Lipinski definition) is 4. The number of carbonyl (C=O) groups excluding carboxylic acids is 2. The smallest absolute Gasteiger partial charge is 0.267 e. The minimum Gasteiger partial charge on any atom is -0.391 e. The minimum absolute atomic E-state index is 0.0836. The van der Waals surface area contributed by atoms with Gasteiger partial charge in [-0.25, -0.2) is 4.98 Å². The Bertz CT molecular complexity index is 1170. The predicted octanol–water partition coefficient (Wildman–Crippen LogP) is 3.70. The van der Waals surface area contributed by atoms with Crippen molar-refractivity contribution >= 4 is 54.6 Å². The Labute approximate surface area is 208 Å². The highest BCUT2D eigenvalue weighted by molar-refractivity contribution is 9.13. The first-order valence-electron chi connectivity index (χ1n) is 11.0. The zero-order valence-corrected chi connectivity index (χ0v) is 21.6. The molecular weight excluding hydrogens is 554 g/mol. The first kappa shape index (κ1) is 24.0. The molecule has 33 heavy (non-hydrogen) atoms. The van der Waals surface area contributed by atoms with Crippen LogP contribution in [0.25, 0.3) is 10.9 Å². The summed E-state index contributed by atoms with van der Waals surface area (Å²) in [5.74, 6) is 0.129. The zero-order valence-electron chi connectivity index (χ0n) is 18.4. The highest BCUT2D eigenvalue weighted by atomic mass is 79.9. The summed E-state index contributed by atoms with van der Waals surface area (Å²) in [6.45, 7) is 4.82. The van der Waals surface area contributed by atoms with Gasteiger partial charge in [-0.05, 0) is 74.2 Å². The van der Waals surface area contributed by atoms with Crippen LogP contribution in [0.1, 0.15) is 48.7 Å². The van der Waals surface area contributed by atoms with Crippen LogP contribution >= 0.6 is 31.9 Å². The molecule has 0 aliphatic heterocycles. The molecule has 4 N–H and O–H groups in total. The molecule has 1 aliphatic carbocycles. The van der Waals surface area contributed by atoms with E-state index in [2.05, 4.69) is 78.4 Å². The van der Waals surface area contributed by atoms with E-state index in [1.54, 1.807) is 10.9 Å². The van der Waals surface area contributed by atoms with Crippen molar-refractivity contribution in [3.63, 3.8) is 0 Å². The average Bonchev–Trinajstić information content (AvgIpc) is 3.45. The van der Waals surface area contributed by atoms with E-state index < -0.39 is 6.10 Å². The molecule has 176 valence electrons. The van der Waals surface area contributed by atoms with E-state index in [0.717, 1.165) is 10.9 Å². The lowest BCUT2D eigenvalue weighted by molar-refractivity contribution is -0.123. The number of H-pyrrole nitrogens is 1. The lowest BCUT2D eigenvalue weighted by atomic mass is 10.0. The van der Waals surface area contributed by atoms with Crippen LogP contribution in [-0.2, 0) is 11.3 Å². The minimum atomic E-state index is -0.642. The molecule has 4 rings (SSSR count). The predicted molar refractivity (Wildman–Crippen MR) is 133 cm³/mol. The Morgan fingerprint density at radius 2 is 2.06 bits per heavy atom. The summed E-state index contributed by atoms with van der Waals surface area (Å²) in [6, 6.07) is 7.71. The number of aromatic nitrogens is 3. The van der Waals surface area contributed by atoms with Crippen molar-refractivity contribution in [1.29, 1.82) is 0 Å². The molecule has 2 aromatic heterocycles. The van der Waals surface area contributed by atoms with Crippen molar-refractivity contribution in [2.45, 2.75) is 51.3 Å². The summed E-state index contributed by atoms with van der Waals surface area (Å²) < 4.78 is 2.98. The van der Waals surface area contributed by atoms with E-state index in [4.69, 9.17) is 0 Å². The molecule has 0 radical (unpaired) electrons. The van der Waals surface area contributed by atoms with Crippen molar-refractivity contribution in [2.24, 2.45) is 5.92 Å². The lowest BCUT2D eigenvalue weighted by Gasteiger charge is -2.17. The fourth-order valence-corrected chi connectivity index (χ4v) is 4.90. The van der Waals surface area contributed by atoms with E-state index in [1.165, 1.54) is 5.56 Å². The quantitative estimate of drug-likeness (QED) is 0.341. The van der Waals surface area contributed by atoms with Crippen molar-refractivity contribution < 1.29 is 14.7 Å². The van der Waals surface area contributed by atoms with Gasteiger partial charge in [0.15, 0.2) is 0 Å². The first-order chi connectivity index (χ1) is 15.7. The number of benzene rings is 1. The number of nitrogens with one attached hydrogen (secondary N) is 3. The molecule has 0 bridgehead atoms. The average molecular weight is 581 g/mol. The molecule has 10 heteroatoms. The van der Waals surface area contributed by atoms with Gasteiger partial charge in [0.1, 0.15) is 21.4 Å². The van der Waals surface area contributed by atoms with E-state index in [1.807, 2.05) is 12.1 Å². The molecule has 2 amide bonds. The van der Waals surface area contributed by atoms with Crippen LogP contribution in [0.4, 0.5) is 0 Å². The number of fused-ring (bicyclic) bond motifs is 1. The number of halogens is 2. The number of amides is 2. The van der Waals surface area contributed by atoms with Crippen LogP contribution in [0.15, 0.2) is 39.8 Å². The van der Waals surface area contributed by atoms with Crippen LogP contribution in [0.5, 0.6) is 0 Å². The summed E-state index contributed by atoms with van der Waals surface area (Å²) in [7, 11) is 0. The van der Waals surface area contributed by atoms with Gasteiger partial charge in [0.05, 0.1) is 18.5 Å². The molecule has 0 unspecified atom stereocenters. The molecule has 3 aromatic rings. The van der Waals surface area contributed by atoms with E-state index in [0.29, 0.717) is 40.2 Å². The monoisotopic (exact) mass is 579 g/mol. The third kappa shape index (κ3) is 5.50. The Morgan fingerprint density at radius 3 is 2.76 bits per heavy atom. The maximum Gasteiger partial charge on any atom is 0.267 e. The van der Waals surface area contributed by atoms with Gasteiger partial charge in [0, 0.05) is 17.4 Å². The molecular formula is C23H27Br2N5O3. The number of aliphatic hydroxyl groups is 1. The summed E-state index contributed by atoms with van der Waals surface area (Å²) in [5.41, 5.74) is 2.69. The largest absolute Gasteiger partial charge is 0.391 e. The number of imidazole rings is 1. The van der Waals surface area contributed by atoms with Crippen molar-refractivity contribution in [1.82, 2.24) is 25.2 Å². The normalized spacial score (nSPS) is 20.5. The molecule has 0 saturated heterocycles. The fraction of sp³-hybridized carbons (Fsp3) is 0.435. The third-order valence-electron chi connectivity index (χ3n) is 6.13. The maximum atomic E-state index is 12.7. The van der Waals surface area contributed by atoms with Gasteiger partial charge in [-0.1, -0.05) is 26.0 Å². The number of rotatable bonds is 7. The molecule has 1 fully saturated rings. The van der Waals surface area contributed by atoms with E-state index in [-0.39, 0.29) is 30.3 Å². The fourth-order valence-electron chi connectivity index (χ4n) is 4.26. The number of aromatic amines is 1. The first-order valence-corrected chi connectivity index (χ1v) is 12.5. The Hall–Kier alpha value is -2.17. The Kier molecular flexibility index (Phi) is 7.25. The molecule has 1 saturated carbocycles. The molecule has 0 spiro atoms. The van der Waals surface area contributed by atoms with Crippen LogP contribution in [0.3, 0.4) is 0 Å². The topological polar surface area (TPSA) is 112 Å². The molecule has 3 atom stereocenters. The second kappa shape index (κ2) is 9.99. The van der Waals surface area contributed by atoms with Crippen LogP contribution in [0, 0.1) is 5.92 Å². The van der Waals surface area contributed by atoms with Gasteiger partial charge in [-0.2, -0.15) is 0 Å². The van der Waals surface area contributed by atoms with Gasteiger partial charge in [-0.15, -0.1) is 0 Å². The van der Waals surface area contributed by atoms with E-state index >= 15 is 0 Å². The van der Waals surface area contributed by atoms with Crippen molar-refractivity contribution in [2.75, 3.05) is 6.54 Å². The third-order valence-corrected chi connectivity index (χ3v) is 8.07. The van der Waals surface area contributed by atoms with Crippen LogP contribution in [-0.4, -0.2) is 50.1 Å². The van der Waals surface area contributed by atoms with Crippen LogP contribution in [0.2, 0.25) is 0 Å². The van der Waals surface area contributed by atoms with E-state index in [9.17, 15) is 14.7 Å². The lowest BCUT2D eigenvalue weighted by Crippen LogP contribution is -2.41. The standard InChI is InChI=1S/C23H27Br2N5O3/c1-12(2)14-3-4-15-8-18(28-16(15)7-14)23(33)26-9-13-5-17(19(31)6-13)29-20(32)10-30-11-27-21(24)22(30)25/h3-4,7-8,11-13,17,19,28,31H,5-6,9-10H2,1-2H3,(H,26,33)(H,29,32)/t13-,17+,19+/m0/s1. The highest BCUT2D eigenvalue weighted by Crippen LogP contribution is 2.27. The summed E-state index contributed by atoms with van der Waals surface area (Å²) >= 11 is 6.66. The van der Waals surface area contributed by atoms with Gasteiger partial charge in [0.2, 0.25) is 5.91 Å². The molecule has 1 aliphatic rings. The van der Waals surface area contributed by atoms with Crippen LogP contribution < -0.4 is 10.6 Å². The molecule has 8 nitrogen and oxygen atoms in total. The maximum absolute atomic E-state index is 12.7. The second-order valence-electron chi connectivity index (χ2n) is 8.93. The molecule has 2 heterocycles. The zero-order chi connectivity index (χ0) is 23.7. The van der Waals surface area contributed by atoms with Gasteiger partial charge < -0.3 is 25.3 Å². The van der Waals surface area contributed by atoms with Gasteiger partial charge >= 0.3 is 0 Å². The highest BCUT2D eigenvalue weighted by Gasteiger charge is 2.34. The summed E-state index contributed by atoms with van der Waals surface area (Å²) in [6.07, 6.45) is 2.05. The number of hydrogen-bond donors (Lipinski definition) is 4. The van der Waals surface area contributed by atoms with Crippen molar-refractivity contribution in [3.05, 3.63) is 51.1 Å². The summed E-state index contributed by atoms with van der Waals surface area (Å²) in [5, 5.41) is 17.3. The Balaban J connectivity index is 1.29. The number of carbonyl (C=O) groups is 2. The van der Waals surface area contributed by atoms with Gasteiger partial charge in [-0.3, -0.25) is 9.59 Å². The SMILES string of the molecule is CC(C)c1ccc2cc(C(=O)NC[C@@H]3C[C@@H](O)[C@H](NC(=O)Cn4cnc(Br)c4Br)C3)[nH]c2c1. The second-order valence-corrected chi connectivity index (χ2v) is 10.4. The number of aliphatic hydroxyl groups excluding tert-OH is 1. The van der Waals surface area contributed by atoms with Gasteiger partial charge in [0.25, 0.3) is 5.91 Å².